The average Bonchev–Trinajstić information content (AvgIpc) is 3.10. The Kier molecular flexibility index (Phi) is 4.97. The van der Waals surface area contributed by atoms with Crippen molar-refractivity contribution in [1.29, 1.82) is 0 Å². The predicted molar refractivity (Wildman–Crippen MR) is 94.4 cm³/mol. The number of anilines is 1. The van der Waals surface area contributed by atoms with Gasteiger partial charge in [-0.05, 0) is 18.2 Å². The van der Waals surface area contributed by atoms with E-state index in [2.05, 4.69) is 10.2 Å². The van der Waals surface area contributed by atoms with Crippen molar-refractivity contribution in [3.8, 4) is 5.88 Å². The molecule has 1 unspecified atom stereocenters. The van der Waals surface area contributed by atoms with E-state index < -0.39 is 4.92 Å². The van der Waals surface area contributed by atoms with E-state index in [0.717, 1.165) is 5.82 Å². The zero-order valence-electron chi connectivity index (χ0n) is 14.5. The predicted octanol–water partition coefficient (Wildman–Crippen LogP) is 1.74. The number of rotatable bonds is 5. The number of aromatic nitrogens is 2. The lowest BCUT2D eigenvalue weighted by Gasteiger charge is -2.17. The van der Waals surface area contributed by atoms with Crippen molar-refractivity contribution in [2.75, 3.05) is 32.1 Å². The van der Waals surface area contributed by atoms with Crippen molar-refractivity contribution in [3.63, 3.8) is 0 Å². The smallest absolute Gasteiger partial charge is 0.269 e. The molecule has 26 heavy (non-hydrogen) atoms. The molecular formula is C17H19N5O4. The molecule has 0 bridgehead atoms. The molecule has 1 fully saturated rings. The number of non-ortho nitro benzene ring substituents is 1. The van der Waals surface area contributed by atoms with Crippen molar-refractivity contribution in [2.45, 2.75) is 12.5 Å². The van der Waals surface area contributed by atoms with Gasteiger partial charge in [0, 0.05) is 50.8 Å². The fourth-order valence-corrected chi connectivity index (χ4v) is 2.70. The third kappa shape index (κ3) is 3.88. The normalized spacial score (nSPS) is 16.4. The van der Waals surface area contributed by atoms with Gasteiger partial charge in [0.15, 0.2) is 5.82 Å². The van der Waals surface area contributed by atoms with Gasteiger partial charge < -0.3 is 14.5 Å². The molecule has 136 valence electrons. The van der Waals surface area contributed by atoms with E-state index >= 15 is 0 Å². The zero-order valence-corrected chi connectivity index (χ0v) is 14.5. The minimum absolute atomic E-state index is 0.0380. The summed E-state index contributed by atoms with van der Waals surface area (Å²) in [5.74, 6) is 0.990. The molecule has 1 amide bonds. The van der Waals surface area contributed by atoms with E-state index in [4.69, 9.17) is 4.74 Å². The topological polar surface area (TPSA) is 102 Å². The van der Waals surface area contributed by atoms with Crippen LogP contribution >= 0.6 is 0 Å². The fraction of sp³-hybridized carbons (Fsp3) is 0.353. The summed E-state index contributed by atoms with van der Waals surface area (Å²) < 4.78 is 5.80. The molecule has 2 aromatic rings. The van der Waals surface area contributed by atoms with Crippen LogP contribution in [0.15, 0.2) is 36.4 Å². The second-order valence-corrected chi connectivity index (χ2v) is 6.21. The Balaban J connectivity index is 1.59. The molecule has 1 aromatic carbocycles. The first-order valence-electron chi connectivity index (χ1n) is 8.15. The standard InChI is InChI=1S/C17H19N5O4/c1-20(2)15-7-8-16(19-18-15)26-14-9-10-21(11-14)17(23)12-3-5-13(6-4-12)22(24)25/h3-8,14H,9-11H2,1-2H3. The molecule has 9 heteroatoms. The van der Waals surface area contributed by atoms with Gasteiger partial charge in [0.2, 0.25) is 5.88 Å². The number of ether oxygens (including phenoxy) is 1. The van der Waals surface area contributed by atoms with Crippen molar-refractivity contribution < 1.29 is 14.5 Å². The van der Waals surface area contributed by atoms with Crippen LogP contribution in [0, 0.1) is 10.1 Å². The molecule has 0 aliphatic carbocycles. The molecule has 1 aliphatic heterocycles. The van der Waals surface area contributed by atoms with Gasteiger partial charge in [0.05, 0.1) is 11.5 Å². The van der Waals surface area contributed by atoms with Crippen LogP contribution in [0.1, 0.15) is 16.8 Å². The highest BCUT2D eigenvalue weighted by Crippen LogP contribution is 2.20. The highest BCUT2D eigenvalue weighted by Gasteiger charge is 2.28. The van der Waals surface area contributed by atoms with E-state index in [1.807, 2.05) is 25.1 Å². The van der Waals surface area contributed by atoms with Crippen LogP contribution in [-0.4, -0.2) is 59.2 Å². The van der Waals surface area contributed by atoms with Gasteiger partial charge in [-0.1, -0.05) is 0 Å². The highest BCUT2D eigenvalue weighted by atomic mass is 16.6. The summed E-state index contributed by atoms with van der Waals surface area (Å²) in [6, 6.07) is 9.18. The zero-order chi connectivity index (χ0) is 18.7. The van der Waals surface area contributed by atoms with Crippen LogP contribution in [0.25, 0.3) is 0 Å². The average molecular weight is 357 g/mol. The Morgan fingerprint density at radius 1 is 1.23 bits per heavy atom. The molecule has 0 N–H and O–H groups in total. The molecule has 0 spiro atoms. The van der Waals surface area contributed by atoms with Crippen LogP contribution < -0.4 is 9.64 Å². The SMILES string of the molecule is CN(C)c1ccc(OC2CCN(C(=O)c3ccc([N+](=O)[O-])cc3)C2)nn1. The number of hydrogen-bond donors (Lipinski definition) is 0. The van der Waals surface area contributed by atoms with Crippen LogP contribution in [0.4, 0.5) is 11.5 Å². The maximum atomic E-state index is 12.5. The van der Waals surface area contributed by atoms with Gasteiger partial charge in [0.1, 0.15) is 6.10 Å². The number of carbonyl (C=O) groups is 1. The molecule has 1 atom stereocenters. The third-order valence-electron chi connectivity index (χ3n) is 4.13. The molecule has 0 saturated carbocycles. The minimum Gasteiger partial charge on any atom is -0.471 e. The second-order valence-electron chi connectivity index (χ2n) is 6.21. The largest absolute Gasteiger partial charge is 0.471 e. The Bertz CT molecular complexity index is 792. The van der Waals surface area contributed by atoms with E-state index in [-0.39, 0.29) is 17.7 Å². The first-order chi connectivity index (χ1) is 12.4. The van der Waals surface area contributed by atoms with Gasteiger partial charge in [-0.25, -0.2) is 0 Å². The van der Waals surface area contributed by atoms with Crippen molar-refractivity contribution in [2.24, 2.45) is 0 Å². The molecule has 3 rings (SSSR count). The van der Waals surface area contributed by atoms with E-state index in [1.54, 1.807) is 11.0 Å². The summed E-state index contributed by atoms with van der Waals surface area (Å²) in [5.41, 5.74) is 0.385. The van der Waals surface area contributed by atoms with Crippen molar-refractivity contribution in [1.82, 2.24) is 15.1 Å². The Morgan fingerprint density at radius 2 is 1.96 bits per heavy atom. The van der Waals surface area contributed by atoms with Crippen molar-refractivity contribution in [3.05, 3.63) is 52.1 Å². The van der Waals surface area contributed by atoms with Crippen LogP contribution in [-0.2, 0) is 0 Å². The number of nitro groups is 1. The summed E-state index contributed by atoms with van der Waals surface area (Å²) in [4.78, 5) is 26.2. The molecule has 1 aromatic heterocycles. The number of nitro benzene ring substituents is 1. The van der Waals surface area contributed by atoms with Crippen molar-refractivity contribution >= 4 is 17.4 Å². The van der Waals surface area contributed by atoms with Crippen LogP contribution in [0.3, 0.4) is 0 Å². The lowest BCUT2D eigenvalue weighted by Crippen LogP contribution is -2.31. The van der Waals surface area contributed by atoms with Crippen LogP contribution in [0.2, 0.25) is 0 Å². The molecule has 1 saturated heterocycles. The summed E-state index contributed by atoms with van der Waals surface area (Å²) in [6.07, 6.45) is 0.534. The number of hydrogen-bond acceptors (Lipinski definition) is 7. The molecule has 1 aliphatic rings. The third-order valence-corrected chi connectivity index (χ3v) is 4.13. The minimum atomic E-state index is -0.489. The molecule has 9 nitrogen and oxygen atoms in total. The quantitative estimate of drug-likeness (QED) is 0.593. The fourth-order valence-electron chi connectivity index (χ4n) is 2.70. The summed E-state index contributed by atoms with van der Waals surface area (Å²) in [5, 5.41) is 18.8. The number of carbonyl (C=O) groups excluding carboxylic acids is 1. The monoisotopic (exact) mass is 357 g/mol. The van der Waals surface area contributed by atoms with E-state index in [1.165, 1.54) is 24.3 Å². The number of benzene rings is 1. The Hall–Kier alpha value is -3.23. The van der Waals surface area contributed by atoms with Gasteiger partial charge >= 0.3 is 0 Å². The Morgan fingerprint density at radius 3 is 2.54 bits per heavy atom. The first kappa shape index (κ1) is 17.6. The highest BCUT2D eigenvalue weighted by molar-refractivity contribution is 5.94. The maximum Gasteiger partial charge on any atom is 0.269 e. The number of nitrogens with zero attached hydrogens (tertiary/aromatic N) is 5. The lowest BCUT2D eigenvalue weighted by atomic mass is 10.2. The van der Waals surface area contributed by atoms with Gasteiger partial charge in [0.25, 0.3) is 11.6 Å². The van der Waals surface area contributed by atoms with E-state index in [9.17, 15) is 14.9 Å². The number of amides is 1. The Labute approximate surface area is 150 Å². The second kappa shape index (κ2) is 7.34. The van der Waals surface area contributed by atoms with Gasteiger partial charge in [-0.15, -0.1) is 10.2 Å². The van der Waals surface area contributed by atoms with E-state index in [0.29, 0.717) is 31.0 Å². The molecule has 2 heterocycles. The molecule has 0 radical (unpaired) electrons. The van der Waals surface area contributed by atoms with Crippen LogP contribution in [0.5, 0.6) is 5.88 Å². The lowest BCUT2D eigenvalue weighted by molar-refractivity contribution is -0.384. The first-order valence-corrected chi connectivity index (χ1v) is 8.15. The summed E-state index contributed by atoms with van der Waals surface area (Å²) in [7, 11) is 3.76. The number of likely N-dealkylation sites (tertiary alicyclic amines) is 1. The summed E-state index contributed by atoms with van der Waals surface area (Å²) >= 11 is 0. The summed E-state index contributed by atoms with van der Waals surface area (Å²) in [6.45, 7) is 0.997. The van der Waals surface area contributed by atoms with Gasteiger partial charge in [-0.2, -0.15) is 0 Å². The molecular weight excluding hydrogens is 338 g/mol. The van der Waals surface area contributed by atoms with Gasteiger partial charge in [-0.3, -0.25) is 14.9 Å². The maximum absolute atomic E-state index is 12.5.